The predicted molar refractivity (Wildman–Crippen MR) is 79.9 cm³/mol. The second kappa shape index (κ2) is 6.49. The first kappa shape index (κ1) is 15.2. The van der Waals surface area contributed by atoms with Gasteiger partial charge in [-0.05, 0) is 36.8 Å². The smallest absolute Gasteiger partial charge is 0.169 e. The summed E-state index contributed by atoms with van der Waals surface area (Å²) in [5.74, 6) is 1.36. The monoisotopic (exact) mass is 303 g/mol. The lowest BCUT2D eigenvalue weighted by Gasteiger charge is -2.13. The summed E-state index contributed by atoms with van der Waals surface area (Å²) in [6.07, 6.45) is -0.596. The van der Waals surface area contributed by atoms with Gasteiger partial charge in [-0.1, -0.05) is 17.7 Å². The SMILES string of the molecule is COc1cc(C#N)ccc1Oc1ccc(C(C)O)cc1Cl. The molecule has 4 nitrogen and oxygen atoms in total. The minimum Gasteiger partial charge on any atom is -0.493 e. The average molecular weight is 304 g/mol. The van der Waals surface area contributed by atoms with E-state index in [0.29, 0.717) is 33.4 Å². The molecule has 2 rings (SSSR count). The summed E-state index contributed by atoms with van der Waals surface area (Å²) >= 11 is 6.15. The second-order valence-electron chi connectivity index (χ2n) is 4.45. The number of hydrogen-bond donors (Lipinski definition) is 1. The van der Waals surface area contributed by atoms with Crippen LogP contribution in [0.5, 0.6) is 17.2 Å². The molecule has 108 valence electrons. The van der Waals surface area contributed by atoms with Crippen LogP contribution in [0.3, 0.4) is 0 Å². The van der Waals surface area contributed by atoms with Gasteiger partial charge in [0.2, 0.25) is 0 Å². The van der Waals surface area contributed by atoms with E-state index >= 15 is 0 Å². The minimum absolute atomic E-state index is 0.389. The fourth-order valence-corrected chi connectivity index (χ4v) is 2.03. The Kier molecular flexibility index (Phi) is 4.69. The highest BCUT2D eigenvalue weighted by atomic mass is 35.5. The zero-order valence-corrected chi connectivity index (χ0v) is 12.4. The van der Waals surface area contributed by atoms with Crippen LogP contribution >= 0.6 is 11.6 Å². The topological polar surface area (TPSA) is 62.5 Å². The van der Waals surface area contributed by atoms with E-state index in [2.05, 4.69) is 0 Å². The van der Waals surface area contributed by atoms with Crippen LogP contribution in [0.15, 0.2) is 36.4 Å². The number of ether oxygens (including phenoxy) is 2. The van der Waals surface area contributed by atoms with Gasteiger partial charge in [0, 0.05) is 6.07 Å². The molecule has 0 aliphatic carbocycles. The first-order valence-corrected chi connectivity index (χ1v) is 6.66. The Morgan fingerprint density at radius 2 is 1.86 bits per heavy atom. The molecule has 5 heteroatoms. The highest BCUT2D eigenvalue weighted by Gasteiger charge is 2.11. The van der Waals surface area contributed by atoms with Crippen LogP contribution in [-0.2, 0) is 0 Å². The van der Waals surface area contributed by atoms with E-state index in [1.807, 2.05) is 6.07 Å². The van der Waals surface area contributed by atoms with Gasteiger partial charge in [0.15, 0.2) is 11.5 Å². The average Bonchev–Trinajstić information content (AvgIpc) is 2.49. The number of aliphatic hydroxyl groups excluding tert-OH is 1. The van der Waals surface area contributed by atoms with Crippen LogP contribution in [0.4, 0.5) is 0 Å². The van der Waals surface area contributed by atoms with Gasteiger partial charge in [0.25, 0.3) is 0 Å². The Labute approximate surface area is 128 Å². The molecule has 0 saturated carbocycles. The van der Waals surface area contributed by atoms with Gasteiger partial charge in [-0.25, -0.2) is 0 Å². The zero-order valence-electron chi connectivity index (χ0n) is 11.6. The van der Waals surface area contributed by atoms with Crippen molar-refractivity contribution < 1.29 is 14.6 Å². The van der Waals surface area contributed by atoms with Crippen molar-refractivity contribution in [2.75, 3.05) is 7.11 Å². The summed E-state index contributed by atoms with van der Waals surface area (Å²) in [5, 5.41) is 18.8. The lowest BCUT2D eigenvalue weighted by atomic mass is 10.1. The molecule has 0 aliphatic rings. The normalized spacial score (nSPS) is 11.6. The van der Waals surface area contributed by atoms with Crippen LogP contribution in [-0.4, -0.2) is 12.2 Å². The molecule has 0 aliphatic heterocycles. The van der Waals surface area contributed by atoms with Gasteiger partial charge < -0.3 is 14.6 Å². The molecule has 0 heterocycles. The van der Waals surface area contributed by atoms with E-state index in [0.717, 1.165) is 0 Å². The second-order valence-corrected chi connectivity index (χ2v) is 4.85. The quantitative estimate of drug-likeness (QED) is 0.925. The lowest BCUT2D eigenvalue weighted by Crippen LogP contribution is -1.94. The predicted octanol–water partition coefficient (Wildman–Crippen LogP) is 4.07. The maximum absolute atomic E-state index is 9.52. The Morgan fingerprint density at radius 1 is 1.14 bits per heavy atom. The van der Waals surface area contributed by atoms with E-state index in [-0.39, 0.29) is 0 Å². The standard InChI is InChI=1S/C16H14ClNO3/c1-10(19)12-4-6-14(13(17)8-12)21-15-5-3-11(9-18)7-16(15)20-2/h3-8,10,19H,1-2H3. The number of nitriles is 1. The van der Waals surface area contributed by atoms with Crippen molar-refractivity contribution in [3.63, 3.8) is 0 Å². The third kappa shape index (κ3) is 3.46. The minimum atomic E-state index is -0.596. The van der Waals surface area contributed by atoms with Crippen LogP contribution in [0.2, 0.25) is 5.02 Å². The van der Waals surface area contributed by atoms with Crippen LogP contribution < -0.4 is 9.47 Å². The van der Waals surface area contributed by atoms with Crippen molar-refractivity contribution in [2.45, 2.75) is 13.0 Å². The molecule has 0 saturated heterocycles. The summed E-state index contributed by atoms with van der Waals surface area (Å²) in [6.45, 7) is 1.66. The van der Waals surface area contributed by atoms with Gasteiger partial charge in [-0.3, -0.25) is 0 Å². The van der Waals surface area contributed by atoms with E-state index in [4.69, 9.17) is 26.3 Å². The maximum atomic E-state index is 9.52. The number of methoxy groups -OCH3 is 1. The van der Waals surface area contributed by atoms with Crippen molar-refractivity contribution in [1.82, 2.24) is 0 Å². The summed E-state index contributed by atoms with van der Waals surface area (Å²) in [4.78, 5) is 0. The van der Waals surface area contributed by atoms with Gasteiger partial charge in [0.05, 0.1) is 29.9 Å². The van der Waals surface area contributed by atoms with Gasteiger partial charge in [-0.2, -0.15) is 5.26 Å². The number of aliphatic hydroxyl groups is 1. The molecular formula is C16H14ClNO3. The number of nitrogens with zero attached hydrogens (tertiary/aromatic N) is 1. The maximum Gasteiger partial charge on any atom is 0.169 e. The third-order valence-electron chi connectivity index (χ3n) is 2.95. The molecule has 1 N–H and O–H groups in total. The van der Waals surface area contributed by atoms with Crippen molar-refractivity contribution in [3.05, 3.63) is 52.5 Å². The Bertz CT molecular complexity index is 692. The van der Waals surface area contributed by atoms with Gasteiger partial charge in [0.1, 0.15) is 5.75 Å². The Hall–Kier alpha value is -2.22. The molecule has 2 aromatic carbocycles. The molecule has 0 amide bonds. The molecule has 21 heavy (non-hydrogen) atoms. The largest absolute Gasteiger partial charge is 0.493 e. The zero-order chi connectivity index (χ0) is 15.4. The van der Waals surface area contributed by atoms with E-state index in [1.165, 1.54) is 7.11 Å². The molecule has 0 radical (unpaired) electrons. The van der Waals surface area contributed by atoms with Crippen LogP contribution in [0.1, 0.15) is 24.2 Å². The first-order valence-electron chi connectivity index (χ1n) is 6.28. The van der Waals surface area contributed by atoms with Crippen LogP contribution in [0.25, 0.3) is 0 Å². The number of halogens is 1. The van der Waals surface area contributed by atoms with Crippen molar-refractivity contribution in [2.24, 2.45) is 0 Å². The Morgan fingerprint density at radius 3 is 2.43 bits per heavy atom. The van der Waals surface area contributed by atoms with E-state index in [9.17, 15) is 5.11 Å². The number of benzene rings is 2. The lowest BCUT2D eigenvalue weighted by molar-refractivity contribution is 0.199. The molecule has 2 aromatic rings. The number of hydrogen-bond acceptors (Lipinski definition) is 4. The van der Waals surface area contributed by atoms with Crippen molar-refractivity contribution >= 4 is 11.6 Å². The third-order valence-corrected chi connectivity index (χ3v) is 3.25. The molecule has 0 fully saturated rings. The van der Waals surface area contributed by atoms with Crippen molar-refractivity contribution in [3.8, 4) is 23.3 Å². The molecule has 0 aromatic heterocycles. The Balaban J connectivity index is 2.32. The van der Waals surface area contributed by atoms with Gasteiger partial charge in [-0.15, -0.1) is 0 Å². The molecule has 0 spiro atoms. The summed E-state index contributed by atoms with van der Waals surface area (Å²) in [5.41, 5.74) is 1.19. The summed E-state index contributed by atoms with van der Waals surface area (Å²) < 4.78 is 10.9. The molecular weight excluding hydrogens is 290 g/mol. The van der Waals surface area contributed by atoms with Crippen LogP contribution in [0, 0.1) is 11.3 Å². The van der Waals surface area contributed by atoms with Crippen molar-refractivity contribution in [1.29, 1.82) is 5.26 Å². The summed E-state index contributed by atoms with van der Waals surface area (Å²) in [6, 6.07) is 12.0. The highest BCUT2D eigenvalue weighted by molar-refractivity contribution is 6.32. The highest BCUT2D eigenvalue weighted by Crippen LogP contribution is 2.36. The summed E-state index contributed by atoms with van der Waals surface area (Å²) in [7, 11) is 1.50. The fourth-order valence-electron chi connectivity index (χ4n) is 1.80. The first-order chi connectivity index (χ1) is 10.0. The van der Waals surface area contributed by atoms with E-state index in [1.54, 1.807) is 43.3 Å². The molecule has 1 atom stereocenters. The molecule has 0 bridgehead atoms. The fraction of sp³-hybridized carbons (Fsp3) is 0.188. The number of rotatable bonds is 4. The van der Waals surface area contributed by atoms with Gasteiger partial charge >= 0.3 is 0 Å². The molecule has 1 unspecified atom stereocenters. The van der Waals surface area contributed by atoms with E-state index < -0.39 is 6.10 Å².